The van der Waals surface area contributed by atoms with Crippen molar-refractivity contribution < 1.29 is 0 Å². The maximum Gasteiger partial charge on any atom is 0.0836 e. The topological polar surface area (TPSA) is 0 Å². The van der Waals surface area contributed by atoms with Crippen LogP contribution in [0.25, 0.3) is 0 Å². The smallest absolute Gasteiger partial charge is 0.0653 e. The summed E-state index contributed by atoms with van der Waals surface area (Å²) in [6.45, 7) is 33.5. The molecular formula is C54H72Si6. The highest BCUT2D eigenvalue weighted by atomic mass is 30.2. The zero-order valence-corrected chi connectivity index (χ0v) is 44.8. The highest BCUT2D eigenvalue weighted by molar-refractivity contribution is 8.22. The third-order valence-corrected chi connectivity index (χ3v) is 151. The number of hydrogen-bond acceptors (Lipinski definition) is 0. The van der Waals surface area contributed by atoms with Crippen LogP contribution in [0.1, 0.15) is 83.1 Å². The fourth-order valence-corrected chi connectivity index (χ4v) is 276. The lowest BCUT2D eigenvalue weighted by Crippen LogP contribution is -3.19. The molecule has 0 amide bonds. The second-order valence-corrected chi connectivity index (χ2v) is 77.5. The molecule has 1 aliphatic rings. The monoisotopic (exact) mass is 888 g/mol. The molecule has 1 fully saturated rings. The van der Waals surface area contributed by atoms with Crippen LogP contribution in [0, 0.1) is 0 Å². The number of benzene rings is 6. The standard InChI is InChI=1S/C54H72Si6/c1-43(2)55(49-31-19-13-20-32-49)56(44(3)4,50-33-21-14-22-34-50)58(46(7)8,52-37-25-16-26-38-52)60(48(11)12,54-41-29-18-30-42-54)59(47(9)10,53-39-27-17-28-40-53)57(55,45(5)6)51-35-23-15-24-36-51/h13-48H,1-12H3. The Bertz CT molecular complexity index is 1850. The van der Waals surface area contributed by atoms with E-state index in [1.165, 1.54) is 0 Å². The Morgan fingerprint density at radius 3 is 0.367 bits per heavy atom. The van der Waals surface area contributed by atoms with Gasteiger partial charge in [0.2, 0.25) is 0 Å². The zero-order chi connectivity index (χ0) is 43.1. The van der Waals surface area contributed by atoms with Crippen LogP contribution < -0.4 is 31.1 Å². The van der Waals surface area contributed by atoms with Crippen LogP contribution in [0.3, 0.4) is 0 Å². The average Bonchev–Trinajstić information content (AvgIpc) is 3.26. The largest absolute Gasteiger partial charge is 0.0836 e. The Kier molecular flexibility index (Phi) is 12.7. The SMILES string of the molecule is CC(C)[Si]1(c2ccccc2)[Si](c2ccccc2)(C(C)C)[Si](c2ccccc2)(C(C)C)[Si](c2ccccc2)(C(C)C)[Si](c2ccccc2)(C(C)C)[Si]1(c1ccccc1)C(C)C. The summed E-state index contributed by atoms with van der Waals surface area (Å²) in [5, 5.41) is 10.7. The predicted molar refractivity (Wildman–Crippen MR) is 282 cm³/mol. The molecule has 0 atom stereocenters. The summed E-state index contributed by atoms with van der Waals surface area (Å²) in [5.74, 6) is 0. The Hall–Kier alpha value is -3.38. The van der Waals surface area contributed by atoms with E-state index in [4.69, 9.17) is 0 Å². The van der Waals surface area contributed by atoms with Gasteiger partial charge in [-0.1, -0.05) is 329 Å². The lowest BCUT2D eigenvalue weighted by atomic mass is 10.4. The van der Waals surface area contributed by atoms with Gasteiger partial charge in [-0.3, -0.25) is 0 Å². The minimum absolute atomic E-state index is 0.516. The molecule has 0 radical (unpaired) electrons. The first-order chi connectivity index (χ1) is 28.8. The molecule has 0 bridgehead atoms. The summed E-state index contributed by atoms with van der Waals surface area (Å²) in [4.78, 5) is 0. The molecule has 0 aromatic heterocycles. The van der Waals surface area contributed by atoms with E-state index in [1.54, 1.807) is 31.1 Å². The van der Waals surface area contributed by atoms with E-state index in [9.17, 15) is 0 Å². The molecule has 60 heavy (non-hydrogen) atoms. The molecule has 0 unspecified atom stereocenters. The van der Waals surface area contributed by atoms with Crippen molar-refractivity contribution in [2.75, 3.05) is 0 Å². The van der Waals surface area contributed by atoms with Crippen molar-refractivity contribution in [3.8, 4) is 0 Å². The summed E-state index contributed by atoms with van der Waals surface area (Å²) in [5.41, 5.74) is 3.09. The highest BCUT2D eigenvalue weighted by Gasteiger charge is 2.94. The molecule has 0 nitrogen and oxygen atoms in total. The van der Waals surface area contributed by atoms with Crippen LogP contribution in [0.5, 0.6) is 0 Å². The molecule has 0 saturated carbocycles. The Morgan fingerprint density at radius 1 is 0.183 bits per heavy atom. The zero-order valence-electron chi connectivity index (χ0n) is 38.8. The quantitative estimate of drug-likeness (QED) is 0.107. The summed E-state index contributed by atoms with van der Waals surface area (Å²) in [6.07, 6.45) is 0. The first-order valence-electron chi connectivity index (χ1n) is 23.1. The van der Waals surface area contributed by atoms with Crippen molar-refractivity contribution in [1.82, 2.24) is 0 Å². The van der Waals surface area contributed by atoms with Crippen LogP contribution in [-0.2, 0) is 0 Å². The molecule has 312 valence electrons. The van der Waals surface area contributed by atoms with E-state index in [0.717, 1.165) is 0 Å². The van der Waals surface area contributed by atoms with E-state index in [2.05, 4.69) is 265 Å². The molecule has 1 saturated heterocycles. The second kappa shape index (κ2) is 17.1. The Morgan fingerprint density at radius 2 is 0.283 bits per heavy atom. The molecule has 0 spiro atoms. The molecule has 1 heterocycles. The maximum atomic E-state index is 2.79. The number of rotatable bonds is 12. The van der Waals surface area contributed by atoms with Gasteiger partial charge >= 0.3 is 0 Å². The predicted octanol–water partition coefficient (Wildman–Crippen LogP) is 11.1. The first-order valence-corrected chi connectivity index (χ1v) is 41.6. The van der Waals surface area contributed by atoms with Gasteiger partial charge in [-0.15, -0.1) is 0 Å². The van der Waals surface area contributed by atoms with E-state index in [1.807, 2.05) is 0 Å². The van der Waals surface area contributed by atoms with Crippen molar-refractivity contribution in [3.63, 3.8) is 0 Å². The van der Waals surface area contributed by atoms with Gasteiger partial charge in [0.05, 0.1) is 42.7 Å². The molecule has 6 heteroatoms. The van der Waals surface area contributed by atoms with Crippen molar-refractivity contribution in [2.24, 2.45) is 0 Å². The van der Waals surface area contributed by atoms with E-state index in [0.29, 0.717) is 33.2 Å². The van der Waals surface area contributed by atoms with E-state index in [-0.39, 0.29) is 0 Å². The molecule has 0 aliphatic carbocycles. The van der Waals surface area contributed by atoms with Gasteiger partial charge < -0.3 is 0 Å². The van der Waals surface area contributed by atoms with Gasteiger partial charge in [0.15, 0.2) is 0 Å². The molecule has 6 aromatic rings. The van der Waals surface area contributed by atoms with Crippen molar-refractivity contribution in [3.05, 3.63) is 182 Å². The molecule has 1 aliphatic heterocycles. The van der Waals surface area contributed by atoms with E-state index < -0.39 is 42.7 Å². The lowest BCUT2D eigenvalue weighted by Gasteiger charge is -2.84. The number of hydrogen-bond donors (Lipinski definition) is 0. The lowest BCUT2D eigenvalue weighted by molar-refractivity contribution is 0.969. The van der Waals surface area contributed by atoms with Crippen molar-refractivity contribution >= 4 is 73.8 Å². The summed E-state index contributed by atoms with van der Waals surface area (Å²) in [7, 11) is -17.4. The summed E-state index contributed by atoms with van der Waals surface area (Å²) < 4.78 is 0. The van der Waals surface area contributed by atoms with Gasteiger partial charge in [0, 0.05) is 0 Å². The molecular weight excluding hydrogens is 817 g/mol. The molecule has 6 aromatic carbocycles. The third kappa shape index (κ3) is 5.39. The Labute approximate surface area is 369 Å². The maximum absolute atomic E-state index is 2.90. The van der Waals surface area contributed by atoms with E-state index >= 15 is 0 Å². The fourth-order valence-electron chi connectivity index (χ4n) is 16.3. The van der Waals surface area contributed by atoms with Crippen molar-refractivity contribution in [2.45, 2.75) is 116 Å². The van der Waals surface area contributed by atoms with Gasteiger partial charge in [-0.05, 0) is 0 Å². The van der Waals surface area contributed by atoms with Crippen LogP contribution in [0.15, 0.2) is 182 Å². The molecule has 0 N–H and O–H groups in total. The highest BCUT2D eigenvalue weighted by Crippen LogP contribution is 2.66. The first kappa shape index (κ1) is 44.7. The summed E-state index contributed by atoms with van der Waals surface area (Å²) in [6, 6.07) is 76.2. The van der Waals surface area contributed by atoms with Crippen molar-refractivity contribution in [1.29, 1.82) is 0 Å². The fraction of sp³-hybridized carbons (Fsp3) is 0.333. The van der Waals surface area contributed by atoms with Gasteiger partial charge in [-0.25, -0.2) is 0 Å². The van der Waals surface area contributed by atoms with Gasteiger partial charge in [0.25, 0.3) is 0 Å². The van der Waals surface area contributed by atoms with Gasteiger partial charge in [0.1, 0.15) is 0 Å². The van der Waals surface area contributed by atoms with Crippen LogP contribution in [0.2, 0.25) is 33.2 Å². The molecule has 7 rings (SSSR count). The summed E-state index contributed by atoms with van der Waals surface area (Å²) >= 11 is 0. The Balaban J connectivity index is 2.10. The second-order valence-electron chi connectivity index (χ2n) is 20.0. The van der Waals surface area contributed by atoms with Crippen LogP contribution >= 0.6 is 0 Å². The third-order valence-electron chi connectivity index (χ3n) is 16.3. The normalized spacial score (nSPS) is 28.3. The van der Waals surface area contributed by atoms with Crippen LogP contribution in [0.4, 0.5) is 0 Å². The van der Waals surface area contributed by atoms with Gasteiger partial charge in [-0.2, -0.15) is 0 Å². The van der Waals surface area contributed by atoms with Crippen LogP contribution in [-0.4, -0.2) is 42.7 Å². The minimum Gasteiger partial charge on any atom is -0.0653 e. The average molecular weight is 890 g/mol. The minimum atomic E-state index is -2.90.